The molecular weight excluding hydrogens is 297 g/mol. The topological polar surface area (TPSA) is 40.5 Å². The van der Waals surface area contributed by atoms with Crippen molar-refractivity contribution in [2.24, 2.45) is 0 Å². The van der Waals surface area contributed by atoms with Crippen molar-refractivity contribution >= 4 is 17.2 Å². The van der Waals surface area contributed by atoms with Gasteiger partial charge in [-0.05, 0) is 35.9 Å². The standard InChI is InChI=1S/C18H16FNO3/c1-22-14-4-5-17-15(8-14)13(11-21)10-20(17)9-12-3-6-18(23-2)16(19)7-12/h3-8,10-11H,9H2,1-2H3. The molecule has 1 heterocycles. The number of methoxy groups -OCH3 is 2. The van der Waals surface area contributed by atoms with Gasteiger partial charge in [0.15, 0.2) is 17.9 Å². The Balaban J connectivity index is 2.03. The zero-order valence-corrected chi connectivity index (χ0v) is 12.9. The highest BCUT2D eigenvalue weighted by molar-refractivity contribution is 5.98. The Bertz CT molecular complexity index is 870. The van der Waals surface area contributed by atoms with Crippen molar-refractivity contribution in [1.29, 1.82) is 0 Å². The molecule has 0 saturated carbocycles. The molecule has 23 heavy (non-hydrogen) atoms. The number of hydrogen-bond donors (Lipinski definition) is 0. The minimum Gasteiger partial charge on any atom is -0.497 e. The lowest BCUT2D eigenvalue weighted by Gasteiger charge is -2.08. The number of aldehydes is 1. The molecule has 0 amide bonds. The van der Waals surface area contributed by atoms with Crippen molar-refractivity contribution in [3.63, 3.8) is 0 Å². The molecule has 118 valence electrons. The molecular formula is C18H16FNO3. The summed E-state index contributed by atoms with van der Waals surface area (Å²) in [5.41, 5.74) is 2.26. The lowest BCUT2D eigenvalue weighted by molar-refractivity contribution is 0.112. The number of aromatic nitrogens is 1. The van der Waals surface area contributed by atoms with E-state index >= 15 is 0 Å². The number of nitrogens with zero attached hydrogens (tertiary/aromatic N) is 1. The summed E-state index contributed by atoms with van der Waals surface area (Å²) in [7, 11) is 3.01. The molecule has 0 radical (unpaired) electrons. The van der Waals surface area contributed by atoms with Crippen LogP contribution in [0.4, 0.5) is 4.39 Å². The second kappa shape index (κ2) is 6.12. The third kappa shape index (κ3) is 2.77. The van der Waals surface area contributed by atoms with Gasteiger partial charge in [-0.25, -0.2) is 4.39 Å². The average molecular weight is 313 g/mol. The maximum absolute atomic E-state index is 13.8. The SMILES string of the molecule is COc1ccc2c(c1)c(C=O)cn2Cc1ccc(OC)c(F)c1. The summed E-state index contributed by atoms with van der Waals surface area (Å²) in [6.07, 6.45) is 2.58. The number of benzene rings is 2. The van der Waals surface area contributed by atoms with E-state index in [2.05, 4.69) is 0 Å². The number of hydrogen-bond acceptors (Lipinski definition) is 3. The third-order valence-electron chi connectivity index (χ3n) is 3.82. The van der Waals surface area contributed by atoms with E-state index in [-0.39, 0.29) is 5.75 Å². The van der Waals surface area contributed by atoms with E-state index in [0.29, 0.717) is 17.9 Å². The van der Waals surface area contributed by atoms with E-state index in [4.69, 9.17) is 9.47 Å². The number of fused-ring (bicyclic) bond motifs is 1. The Morgan fingerprint density at radius 3 is 2.61 bits per heavy atom. The summed E-state index contributed by atoms with van der Waals surface area (Å²) < 4.78 is 25.9. The van der Waals surface area contributed by atoms with E-state index in [1.807, 2.05) is 22.8 Å². The number of carbonyl (C=O) groups excluding carboxylic acids is 1. The van der Waals surface area contributed by atoms with Crippen molar-refractivity contribution in [3.05, 3.63) is 59.5 Å². The van der Waals surface area contributed by atoms with Gasteiger partial charge in [0, 0.05) is 29.2 Å². The average Bonchev–Trinajstić information content (AvgIpc) is 2.92. The van der Waals surface area contributed by atoms with Gasteiger partial charge >= 0.3 is 0 Å². The van der Waals surface area contributed by atoms with Crippen molar-refractivity contribution in [1.82, 2.24) is 4.57 Å². The summed E-state index contributed by atoms with van der Waals surface area (Å²) in [6, 6.07) is 10.4. The fraction of sp³-hybridized carbons (Fsp3) is 0.167. The highest BCUT2D eigenvalue weighted by atomic mass is 19.1. The van der Waals surface area contributed by atoms with Crippen LogP contribution in [0.3, 0.4) is 0 Å². The van der Waals surface area contributed by atoms with Gasteiger partial charge in [0.2, 0.25) is 0 Å². The number of ether oxygens (including phenoxy) is 2. The summed E-state index contributed by atoms with van der Waals surface area (Å²) in [4.78, 5) is 11.3. The molecule has 0 aliphatic rings. The highest BCUT2D eigenvalue weighted by Crippen LogP contribution is 2.26. The molecule has 0 aliphatic carbocycles. The van der Waals surface area contributed by atoms with Crippen LogP contribution < -0.4 is 9.47 Å². The van der Waals surface area contributed by atoms with Crippen LogP contribution in [0.5, 0.6) is 11.5 Å². The Kier molecular flexibility index (Phi) is 4.02. The molecule has 1 aromatic heterocycles. The number of halogens is 1. The molecule has 0 aliphatic heterocycles. The molecule has 0 bridgehead atoms. The van der Waals surface area contributed by atoms with Gasteiger partial charge in [-0.3, -0.25) is 4.79 Å². The molecule has 0 saturated heterocycles. The lowest BCUT2D eigenvalue weighted by Crippen LogP contribution is -1.99. The maximum atomic E-state index is 13.8. The first-order valence-electron chi connectivity index (χ1n) is 7.10. The maximum Gasteiger partial charge on any atom is 0.165 e. The molecule has 3 rings (SSSR count). The second-order valence-corrected chi connectivity index (χ2v) is 5.18. The van der Waals surface area contributed by atoms with Crippen LogP contribution in [0.25, 0.3) is 10.9 Å². The fourth-order valence-corrected chi connectivity index (χ4v) is 2.66. The summed E-state index contributed by atoms with van der Waals surface area (Å²) in [5.74, 6) is 0.497. The molecule has 3 aromatic rings. The van der Waals surface area contributed by atoms with Crippen molar-refractivity contribution in [2.75, 3.05) is 14.2 Å². The quantitative estimate of drug-likeness (QED) is 0.675. The Hall–Kier alpha value is -2.82. The van der Waals surface area contributed by atoms with Crippen molar-refractivity contribution < 1.29 is 18.7 Å². The predicted octanol–water partition coefficient (Wildman–Crippen LogP) is 3.66. The van der Waals surface area contributed by atoms with Gasteiger partial charge in [-0.1, -0.05) is 6.07 Å². The smallest absolute Gasteiger partial charge is 0.165 e. The van der Waals surface area contributed by atoms with Crippen molar-refractivity contribution in [2.45, 2.75) is 6.54 Å². The Morgan fingerprint density at radius 2 is 1.96 bits per heavy atom. The Morgan fingerprint density at radius 1 is 1.13 bits per heavy atom. The lowest BCUT2D eigenvalue weighted by atomic mass is 10.2. The van der Waals surface area contributed by atoms with E-state index in [1.165, 1.54) is 13.2 Å². The van der Waals surface area contributed by atoms with Gasteiger partial charge < -0.3 is 14.0 Å². The largest absolute Gasteiger partial charge is 0.497 e. The molecule has 0 atom stereocenters. The number of rotatable bonds is 5. The molecule has 2 aromatic carbocycles. The Labute approximate surface area is 133 Å². The van der Waals surface area contributed by atoms with E-state index < -0.39 is 5.82 Å². The van der Waals surface area contributed by atoms with Crippen LogP contribution in [-0.2, 0) is 6.54 Å². The fourth-order valence-electron chi connectivity index (χ4n) is 2.66. The summed E-state index contributed by atoms with van der Waals surface area (Å²) in [5, 5.41) is 0.813. The summed E-state index contributed by atoms with van der Waals surface area (Å²) >= 11 is 0. The first kappa shape index (κ1) is 15.1. The predicted molar refractivity (Wildman–Crippen MR) is 85.9 cm³/mol. The van der Waals surface area contributed by atoms with E-state index in [9.17, 15) is 9.18 Å². The van der Waals surface area contributed by atoms with Gasteiger partial charge in [0.25, 0.3) is 0 Å². The van der Waals surface area contributed by atoms with Gasteiger partial charge in [-0.2, -0.15) is 0 Å². The summed E-state index contributed by atoms with van der Waals surface area (Å²) in [6.45, 7) is 0.456. The first-order chi connectivity index (χ1) is 11.2. The van der Waals surface area contributed by atoms with E-state index in [1.54, 1.807) is 25.4 Å². The number of carbonyl (C=O) groups is 1. The molecule has 4 nitrogen and oxygen atoms in total. The molecule has 5 heteroatoms. The zero-order valence-electron chi connectivity index (χ0n) is 12.9. The third-order valence-corrected chi connectivity index (χ3v) is 3.82. The van der Waals surface area contributed by atoms with Crippen LogP contribution >= 0.6 is 0 Å². The minimum absolute atomic E-state index is 0.212. The normalized spacial score (nSPS) is 10.7. The highest BCUT2D eigenvalue weighted by Gasteiger charge is 2.11. The zero-order chi connectivity index (χ0) is 16.4. The monoisotopic (exact) mass is 313 g/mol. The molecule has 0 fully saturated rings. The van der Waals surface area contributed by atoms with Gasteiger partial charge in [0.1, 0.15) is 5.75 Å². The first-order valence-corrected chi connectivity index (χ1v) is 7.10. The van der Waals surface area contributed by atoms with Crippen LogP contribution in [0.1, 0.15) is 15.9 Å². The molecule has 0 spiro atoms. The van der Waals surface area contributed by atoms with E-state index in [0.717, 1.165) is 22.8 Å². The van der Waals surface area contributed by atoms with Crippen molar-refractivity contribution in [3.8, 4) is 11.5 Å². The molecule has 0 unspecified atom stereocenters. The van der Waals surface area contributed by atoms with Gasteiger partial charge in [-0.15, -0.1) is 0 Å². The van der Waals surface area contributed by atoms with Crippen LogP contribution in [0.2, 0.25) is 0 Å². The van der Waals surface area contributed by atoms with Crippen LogP contribution in [0.15, 0.2) is 42.6 Å². The minimum atomic E-state index is -0.404. The van der Waals surface area contributed by atoms with Gasteiger partial charge in [0.05, 0.1) is 14.2 Å². The van der Waals surface area contributed by atoms with Crippen LogP contribution in [-0.4, -0.2) is 25.1 Å². The second-order valence-electron chi connectivity index (χ2n) is 5.18. The van der Waals surface area contributed by atoms with Crippen LogP contribution in [0, 0.1) is 5.82 Å². The molecule has 0 N–H and O–H groups in total.